The van der Waals surface area contributed by atoms with Gasteiger partial charge in [0.2, 0.25) is 0 Å². The molecule has 5 nitrogen and oxygen atoms in total. The molecule has 31 heavy (non-hydrogen) atoms. The lowest BCUT2D eigenvalue weighted by atomic mass is 9.71. The molecule has 1 aliphatic rings. The quantitative estimate of drug-likeness (QED) is 0.543. The van der Waals surface area contributed by atoms with E-state index in [4.69, 9.17) is 9.92 Å². The molecule has 2 atom stereocenters. The minimum absolute atomic E-state index is 0.200. The molecule has 1 saturated carbocycles. The van der Waals surface area contributed by atoms with Crippen LogP contribution >= 0.6 is 0 Å². The van der Waals surface area contributed by atoms with E-state index in [-0.39, 0.29) is 10.9 Å². The Morgan fingerprint density at radius 3 is 2.52 bits per heavy atom. The van der Waals surface area contributed by atoms with Crippen LogP contribution in [0.5, 0.6) is 0 Å². The first-order valence-electron chi connectivity index (χ1n) is 10.9. The van der Waals surface area contributed by atoms with Gasteiger partial charge in [-0.05, 0) is 41.7 Å². The van der Waals surface area contributed by atoms with Crippen molar-refractivity contribution in [3.05, 3.63) is 77.9 Å². The van der Waals surface area contributed by atoms with Crippen molar-refractivity contribution < 1.29 is 12.6 Å². The van der Waals surface area contributed by atoms with Crippen molar-refractivity contribution in [1.82, 2.24) is 5.32 Å². The van der Waals surface area contributed by atoms with E-state index in [9.17, 15) is 8.42 Å². The smallest absolute Gasteiger partial charge is 0.297 e. The Kier molecular flexibility index (Phi) is 6.44. The zero-order chi connectivity index (χ0) is 21.9. The molecule has 0 aromatic heterocycles. The van der Waals surface area contributed by atoms with Crippen molar-refractivity contribution in [3.63, 3.8) is 0 Å². The summed E-state index contributed by atoms with van der Waals surface area (Å²) in [5.41, 5.74) is 8.10. The van der Waals surface area contributed by atoms with Crippen molar-refractivity contribution in [2.75, 3.05) is 13.7 Å². The fourth-order valence-electron chi connectivity index (χ4n) is 4.90. The molecular weight excluding hydrogens is 408 g/mol. The number of benzene rings is 3. The molecule has 0 bridgehead atoms. The van der Waals surface area contributed by atoms with E-state index in [1.807, 2.05) is 48.5 Å². The Labute approximate surface area is 184 Å². The molecular formula is C25H30N2O3S. The van der Waals surface area contributed by atoms with Crippen LogP contribution in [0.25, 0.3) is 10.8 Å². The highest BCUT2D eigenvalue weighted by atomic mass is 32.2. The van der Waals surface area contributed by atoms with E-state index >= 15 is 0 Å². The minimum Gasteiger partial charge on any atom is -0.326 e. The third kappa shape index (κ3) is 4.26. The first-order chi connectivity index (χ1) is 15.0. The van der Waals surface area contributed by atoms with Gasteiger partial charge in [-0.2, -0.15) is 8.42 Å². The lowest BCUT2D eigenvalue weighted by molar-refractivity contribution is 0.196. The van der Waals surface area contributed by atoms with Crippen LogP contribution in [0.4, 0.5) is 0 Å². The highest BCUT2D eigenvalue weighted by Gasteiger charge is 2.44. The maximum atomic E-state index is 13.0. The van der Waals surface area contributed by atoms with Gasteiger partial charge >= 0.3 is 0 Å². The number of hydrogen-bond acceptors (Lipinski definition) is 5. The van der Waals surface area contributed by atoms with Crippen LogP contribution in [0.3, 0.4) is 0 Å². The van der Waals surface area contributed by atoms with Gasteiger partial charge in [0, 0.05) is 18.2 Å². The maximum Gasteiger partial charge on any atom is 0.297 e. The SMILES string of the molecule is COS(=O)(=O)c1ccc2ccccc2c1C1(NCCc2ccccc2)CCCCC1N. The van der Waals surface area contributed by atoms with Crippen molar-refractivity contribution in [2.24, 2.45) is 5.73 Å². The summed E-state index contributed by atoms with van der Waals surface area (Å²) in [6, 6.07) is 21.5. The summed E-state index contributed by atoms with van der Waals surface area (Å²) in [7, 11) is -2.69. The van der Waals surface area contributed by atoms with Gasteiger partial charge in [-0.25, -0.2) is 0 Å². The molecule has 6 heteroatoms. The molecule has 0 amide bonds. The van der Waals surface area contributed by atoms with Crippen molar-refractivity contribution >= 4 is 20.9 Å². The lowest BCUT2D eigenvalue weighted by Crippen LogP contribution is -2.58. The van der Waals surface area contributed by atoms with Gasteiger partial charge in [0.15, 0.2) is 0 Å². The van der Waals surface area contributed by atoms with Crippen LogP contribution < -0.4 is 11.1 Å². The standard InChI is InChI=1S/C25H30N2O3S/c1-30-31(28,29)22-15-14-20-11-5-6-12-21(20)24(22)25(17-8-7-13-23(25)26)27-18-16-19-9-3-2-4-10-19/h2-6,9-12,14-15,23,27H,7-8,13,16-18,26H2,1H3. The van der Waals surface area contributed by atoms with Crippen LogP contribution in [0.2, 0.25) is 0 Å². The topological polar surface area (TPSA) is 81.4 Å². The molecule has 3 N–H and O–H groups in total. The Balaban J connectivity index is 1.85. The molecule has 0 heterocycles. The molecule has 1 fully saturated rings. The number of nitrogens with one attached hydrogen (secondary N) is 1. The molecule has 3 aromatic rings. The number of fused-ring (bicyclic) bond motifs is 1. The lowest BCUT2D eigenvalue weighted by Gasteiger charge is -2.45. The number of rotatable bonds is 7. The summed E-state index contributed by atoms with van der Waals surface area (Å²) in [5.74, 6) is 0. The van der Waals surface area contributed by atoms with E-state index in [0.717, 1.165) is 48.4 Å². The van der Waals surface area contributed by atoms with Crippen molar-refractivity contribution in [1.29, 1.82) is 0 Å². The molecule has 0 spiro atoms. The molecule has 2 unspecified atom stereocenters. The summed E-state index contributed by atoms with van der Waals surface area (Å²) in [5, 5.41) is 5.64. The zero-order valence-electron chi connectivity index (χ0n) is 17.9. The predicted molar refractivity (Wildman–Crippen MR) is 124 cm³/mol. The summed E-state index contributed by atoms with van der Waals surface area (Å²) < 4.78 is 30.9. The largest absolute Gasteiger partial charge is 0.326 e. The highest BCUT2D eigenvalue weighted by molar-refractivity contribution is 7.86. The Morgan fingerprint density at radius 2 is 1.77 bits per heavy atom. The van der Waals surface area contributed by atoms with E-state index in [1.165, 1.54) is 12.7 Å². The molecule has 0 radical (unpaired) electrons. The maximum absolute atomic E-state index is 13.0. The van der Waals surface area contributed by atoms with E-state index in [1.54, 1.807) is 6.07 Å². The Bertz CT molecular complexity index is 1150. The Morgan fingerprint density at radius 1 is 1.03 bits per heavy atom. The zero-order valence-corrected chi connectivity index (χ0v) is 18.7. The monoisotopic (exact) mass is 438 g/mol. The predicted octanol–water partition coefficient (Wildman–Crippen LogP) is 4.10. The Hall–Kier alpha value is -2.25. The second-order valence-corrected chi connectivity index (χ2v) is 9.95. The molecule has 1 aliphatic carbocycles. The van der Waals surface area contributed by atoms with E-state index in [2.05, 4.69) is 17.4 Å². The van der Waals surface area contributed by atoms with Gasteiger partial charge in [-0.3, -0.25) is 4.18 Å². The van der Waals surface area contributed by atoms with E-state index < -0.39 is 15.7 Å². The van der Waals surface area contributed by atoms with Gasteiger partial charge in [-0.1, -0.05) is 73.5 Å². The average Bonchev–Trinajstić information content (AvgIpc) is 2.80. The molecule has 0 aliphatic heterocycles. The summed E-state index contributed by atoms with van der Waals surface area (Å²) in [4.78, 5) is 0.207. The van der Waals surface area contributed by atoms with Crippen molar-refractivity contribution in [2.45, 2.75) is 48.6 Å². The number of hydrogen-bond donors (Lipinski definition) is 2. The summed E-state index contributed by atoms with van der Waals surface area (Å²) in [6.45, 7) is 0.702. The molecule has 164 valence electrons. The second-order valence-electron chi connectivity index (χ2n) is 8.27. The summed E-state index contributed by atoms with van der Waals surface area (Å²) in [6.07, 6.45) is 4.49. The minimum atomic E-state index is -3.90. The normalized spacial score (nSPS) is 21.9. The van der Waals surface area contributed by atoms with Gasteiger partial charge in [0.1, 0.15) is 0 Å². The first-order valence-corrected chi connectivity index (χ1v) is 12.3. The summed E-state index contributed by atoms with van der Waals surface area (Å²) >= 11 is 0. The van der Waals surface area contributed by atoms with Crippen LogP contribution in [0, 0.1) is 0 Å². The molecule has 4 rings (SSSR count). The van der Waals surface area contributed by atoms with Gasteiger partial charge in [-0.15, -0.1) is 0 Å². The van der Waals surface area contributed by atoms with Gasteiger partial charge in [0.05, 0.1) is 17.5 Å². The highest BCUT2D eigenvalue weighted by Crippen LogP contribution is 2.43. The van der Waals surface area contributed by atoms with Crippen molar-refractivity contribution in [3.8, 4) is 0 Å². The molecule has 3 aromatic carbocycles. The fraction of sp³-hybridized carbons (Fsp3) is 0.360. The van der Waals surface area contributed by atoms with Crippen LogP contribution in [-0.2, 0) is 26.3 Å². The van der Waals surface area contributed by atoms with Crippen LogP contribution in [0.1, 0.15) is 36.8 Å². The molecule has 0 saturated heterocycles. The second kappa shape index (κ2) is 9.09. The van der Waals surface area contributed by atoms with Gasteiger partial charge < -0.3 is 11.1 Å². The third-order valence-corrected chi connectivity index (χ3v) is 7.81. The van der Waals surface area contributed by atoms with Crippen LogP contribution in [0.15, 0.2) is 71.6 Å². The van der Waals surface area contributed by atoms with Crippen LogP contribution in [-0.4, -0.2) is 28.1 Å². The third-order valence-electron chi connectivity index (χ3n) is 6.49. The van der Waals surface area contributed by atoms with Gasteiger partial charge in [0.25, 0.3) is 10.1 Å². The van der Waals surface area contributed by atoms with E-state index in [0.29, 0.717) is 6.54 Å². The average molecular weight is 439 g/mol. The first kappa shape index (κ1) is 22.0. The fourth-order valence-corrected chi connectivity index (χ4v) is 5.86. The number of nitrogens with two attached hydrogens (primary N) is 1.